The third kappa shape index (κ3) is 2.18. The first kappa shape index (κ1) is 9.51. The Hall–Kier alpha value is -1.58. The van der Waals surface area contributed by atoms with Gasteiger partial charge in [-0.2, -0.15) is 0 Å². The van der Waals surface area contributed by atoms with E-state index in [4.69, 9.17) is 5.21 Å². The average Bonchev–Trinajstić information content (AvgIpc) is 2.08. The molecule has 0 saturated heterocycles. The van der Waals surface area contributed by atoms with Crippen LogP contribution in [0.25, 0.3) is 0 Å². The second-order valence-corrected chi connectivity index (χ2v) is 3.04. The average molecular weight is 179 g/mol. The van der Waals surface area contributed by atoms with Crippen LogP contribution >= 0.6 is 0 Å². The molecule has 0 aliphatic rings. The Morgan fingerprint density at radius 2 is 2.23 bits per heavy atom. The second-order valence-electron chi connectivity index (χ2n) is 3.04. The van der Waals surface area contributed by atoms with Crippen molar-refractivity contribution in [3.63, 3.8) is 0 Å². The molecule has 0 unspecified atom stereocenters. The number of hydrogen-bond donors (Lipinski definition) is 1. The molecule has 70 valence electrons. The van der Waals surface area contributed by atoms with E-state index in [2.05, 4.69) is 10.1 Å². The Balaban J connectivity index is 3.05. The molecule has 4 heteroatoms. The highest BCUT2D eigenvalue weighted by Gasteiger charge is 2.00. The summed E-state index contributed by atoms with van der Waals surface area (Å²) in [6.45, 7) is 1.95. The summed E-state index contributed by atoms with van der Waals surface area (Å²) in [5.74, 6) is 0.896. The number of nitrogens with zero attached hydrogens (tertiary/aromatic N) is 3. The standard InChI is InChI=1S/C9H13N3O/c1-7-4-9(12(2)3)10-5-8(7)6-11-13/h4-6,13H,1-3H3/b11-6+. The Bertz CT molecular complexity index is 321. The normalized spacial score (nSPS) is 10.7. The molecule has 0 radical (unpaired) electrons. The van der Waals surface area contributed by atoms with Gasteiger partial charge in [0.15, 0.2) is 0 Å². The van der Waals surface area contributed by atoms with Crippen molar-refractivity contribution in [2.75, 3.05) is 19.0 Å². The summed E-state index contributed by atoms with van der Waals surface area (Å²) >= 11 is 0. The molecule has 1 rings (SSSR count). The van der Waals surface area contributed by atoms with Crippen LogP contribution in [0, 0.1) is 6.92 Å². The highest BCUT2D eigenvalue weighted by molar-refractivity contribution is 5.81. The topological polar surface area (TPSA) is 48.7 Å². The molecule has 0 aromatic carbocycles. The molecule has 13 heavy (non-hydrogen) atoms. The van der Waals surface area contributed by atoms with Crippen LogP contribution in [0.4, 0.5) is 5.82 Å². The molecule has 0 aliphatic carbocycles. The molecule has 1 aromatic heterocycles. The van der Waals surface area contributed by atoms with E-state index in [9.17, 15) is 0 Å². The molecule has 0 saturated carbocycles. The fourth-order valence-electron chi connectivity index (χ4n) is 0.994. The monoisotopic (exact) mass is 179 g/mol. The maximum absolute atomic E-state index is 8.35. The summed E-state index contributed by atoms with van der Waals surface area (Å²) in [6.07, 6.45) is 3.06. The van der Waals surface area contributed by atoms with Crippen molar-refractivity contribution in [3.8, 4) is 0 Å². The van der Waals surface area contributed by atoms with Gasteiger partial charge in [0, 0.05) is 25.9 Å². The van der Waals surface area contributed by atoms with E-state index in [1.54, 1.807) is 6.20 Å². The van der Waals surface area contributed by atoms with Gasteiger partial charge < -0.3 is 10.1 Å². The van der Waals surface area contributed by atoms with Crippen molar-refractivity contribution in [3.05, 3.63) is 23.4 Å². The predicted octanol–water partition coefficient (Wildman–Crippen LogP) is 1.26. The molecule has 0 spiro atoms. The predicted molar refractivity (Wildman–Crippen MR) is 52.7 cm³/mol. The van der Waals surface area contributed by atoms with Crippen LogP contribution in [0.3, 0.4) is 0 Å². The number of rotatable bonds is 2. The van der Waals surface area contributed by atoms with Crippen molar-refractivity contribution >= 4 is 12.0 Å². The fraction of sp³-hybridized carbons (Fsp3) is 0.333. The van der Waals surface area contributed by atoms with Crippen LogP contribution in [0.2, 0.25) is 0 Å². The van der Waals surface area contributed by atoms with E-state index < -0.39 is 0 Å². The zero-order chi connectivity index (χ0) is 9.84. The van der Waals surface area contributed by atoms with Crippen molar-refractivity contribution in [1.82, 2.24) is 4.98 Å². The zero-order valence-electron chi connectivity index (χ0n) is 8.02. The lowest BCUT2D eigenvalue weighted by Crippen LogP contribution is -2.11. The van der Waals surface area contributed by atoms with Gasteiger partial charge in [-0.1, -0.05) is 5.16 Å². The van der Waals surface area contributed by atoms with Gasteiger partial charge in [-0.15, -0.1) is 0 Å². The first-order valence-corrected chi connectivity index (χ1v) is 3.96. The Kier molecular flexibility index (Phi) is 2.84. The SMILES string of the molecule is Cc1cc(N(C)C)ncc1/C=N/O. The van der Waals surface area contributed by atoms with Gasteiger partial charge in [0.1, 0.15) is 5.82 Å². The van der Waals surface area contributed by atoms with Gasteiger partial charge in [-0.3, -0.25) is 0 Å². The number of aryl methyl sites for hydroxylation is 1. The first-order chi connectivity index (χ1) is 6.15. The molecular weight excluding hydrogens is 166 g/mol. The fourth-order valence-corrected chi connectivity index (χ4v) is 0.994. The van der Waals surface area contributed by atoms with Crippen LogP contribution in [0.15, 0.2) is 17.4 Å². The van der Waals surface area contributed by atoms with Gasteiger partial charge in [-0.25, -0.2) is 4.98 Å². The van der Waals surface area contributed by atoms with Crippen LogP contribution in [0.1, 0.15) is 11.1 Å². The summed E-state index contributed by atoms with van der Waals surface area (Å²) in [4.78, 5) is 6.10. The lowest BCUT2D eigenvalue weighted by atomic mass is 10.2. The van der Waals surface area contributed by atoms with E-state index in [1.165, 1.54) is 6.21 Å². The quantitative estimate of drug-likeness (QED) is 0.422. The summed E-state index contributed by atoms with van der Waals surface area (Å²) < 4.78 is 0. The molecule has 4 nitrogen and oxygen atoms in total. The highest BCUT2D eigenvalue weighted by atomic mass is 16.4. The summed E-state index contributed by atoms with van der Waals surface area (Å²) in [5, 5.41) is 11.3. The third-order valence-corrected chi connectivity index (χ3v) is 1.79. The van der Waals surface area contributed by atoms with Crippen molar-refractivity contribution in [2.45, 2.75) is 6.92 Å². The molecule has 1 N–H and O–H groups in total. The van der Waals surface area contributed by atoms with Crippen LogP contribution < -0.4 is 4.90 Å². The molecule has 0 aliphatic heterocycles. The number of hydrogen-bond acceptors (Lipinski definition) is 4. The Morgan fingerprint density at radius 3 is 2.69 bits per heavy atom. The number of anilines is 1. The van der Waals surface area contributed by atoms with Crippen LogP contribution in [-0.4, -0.2) is 30.5 Å². The Morgan fingerprint density at radius 1 is 1.54 bits per heavy atom. The van der Waals surface area contributed by atoms with Gasteiger partial charge >= 0.3 is 0 Å². The first-order valence-electron chi connectivity index (χ1n) is 3.96. The number of pyridine rings is 1. The minimum absolute atomic E-state index is 0.827. The van der Waals surface area contributed by atoms with Gasteiger partial charge in [0.2, 0.25) is 0 Å². The van der Waals surface area contributed by atoms with Crippen molar-refractivity contribution in [1.29, 1.82) is 0 Å². The maximum Gasteiger partial charge on any atom is 0.128 e. The van der Waals surface area contributed by atoms with E-state index >= 15 is 0 Å². The number of aromatic nitrogens is 1. The van der Waals surface area contributed by atoms with Crippen molar-refractivity contribution in [2.24, 2.45) is 5.16 Å². The second kappa shape index (κ2) is 3.89. The third-order valence-electron chi connectivity index (χ3n) is 1.79. The van der Waals surface area contributed by atoms with Crippen LogP contribution in [-0.2, 0) is 0 Å². The van der Waals surface area contributed by atoms with Gasteiger partial charge in [0.05, 0.1) is 6.21 Å². The molecule has 0 bridgehead atoms. The lowest BCUT2D eigenvalue weighted by molar-refractivity contribution is 0.322. The van der Waals surface area contributed by atoms with E-state index in [1.807, 2.05) is 32.0 Å². The molecule has 1 aromatic rings. The molecule has 0 atom stereocenters. The van der Waals surface area contributed by atoms with E-state index in [0.29, 0.717) is 0 Å². The summed E-state index contributed by atoms with van der Waals surface area (Å²) in [7, 11) is 3.86. The minimum atomic E-state index is 0.827. The molecule has 1 heterocycles. The zero-order valence-corrected chi connectivity index (χ0v) is 8.02. The van der Waals surface area contributed by atoms with E-state index in [0.717, 1.165) is 16.9 Å². The van der Waals surface area contributed by atoms with Crippen LogP contribution in [0.5, 0.6) is 0 Å². The van der Waals surface area contributed by atoms with E-state index in [-0.39, 0.29) is 0 Å². The smallest absolute Gasteiger partial charge is 0.128 e. The molecule has 0 fully saturated rings. The largest absolute Gasteiger partial charge is 0.411 e. The maximum atomic E-state index is 8.35. The van der Waals surface area contributed by atoms with Gasteiger partial charge in [-0.05, 0) is 18.6 Å². The van der Waals surface area contributed by atoms with Crippen molar-refractivity contribution < 1.29 is 5.21 Å². The molecular formula is C9H13N3O. The summed E-state index contributed by atoms with van der Waals surface area (Å²) in [6, 6.07) is 1.94. The van der Waals surface area contributed by atoms with Gasteiger partial charge in [0.25, 0.3) is 0 Å². The highest BCUT2D eigenvalue weighted by Crippen LogP contribution is 2.11. The lowest BCUT2D eigenvalue weighted by Gasteiger charge is -2.11. The minimum Gasteiger partial charge on any atom is -0.411 e. The number of oxime groups is 1. The Labute approximate surface area is 77.5 Å². The summed E-state index contributed by atoms with van der Waals surface area (Å²) in [5.41, 5.74) is 1.87. The molecule has 0 amide bonds.